The van der Waals surface area contributed by atoms with Crippen molar-refractivity contribution in [1.29, 1.82) is 0 Å². The summed E-state index contributed by atoms with van der Waals surface area (Å²) >= 11 is 6.06. The Morgan fingerprint density at radius 3 is 2.74 bits per heavy atom. The number of halogens is 2. The molecule has 0 saturated heterocycles. The van der Waals surface area contributed by atoms with E-state index in [0.29, 0.717) is 22.7 Å². The molecule has 1 amide bonds. The molecule has 120 valence electrons. The quantitative estimate of drug-likeness (QED) is 0.928. The largest absolute Gasteiger partial charge is 0.363 e. The second-order valence-corrected chi connectivity index (χ2v) is 6.28. The molecule has 2 atom stereocenters. The zero-order valence-corrected chi connectivity index (χ0v) is 13.6. The van der Waals surface area contributed by atoms with Gasteiger partial charge in [0, 0.05) is 36.5 Å². The molecule has 1 fully saturated rings. The second-order valence-electron chi connectivity index (χ2n) is 5.87. The molecule has 0 bridgehead atoms. The summed E-state index contributed by atoms with van der Waals surface area (Å²) in [6.07, 6.45) is 2.22. The third kappa shape index (κ3) is 3.29. The van der Waals surface area contributed by atoms with E-state index >= 15 is 0 Å². The van der Waals surface area contributed by atoms with Crippen molar-refractivity contribution in [3.8, 4) is 0 Å². The number of pyridine rings is 1. The number of hydrogen-bond donors (Lipinski definition) is 1. The number of anilines is 2. The molecule has 23 heavy (non-hydrogen) atoms. The first kappa shape index (κ1) is 15.7. The summed E-state index contributed by atoms with van der Waals surface area (Å²) in [4.78, 5) is 18.4. The fourth-order valence-electron chi connectivity index (χ4n) is 2.63. The lowest BCUT2D eigenvalue weighted by Gasteiger charge is -2.11. The first-order chi connectivity index (χ1) is 11.0. The maximum absolute atomic E-state index is 13.9. The summed E-state index contributed by atoms with van der Waals surface area (Å²) in [5, 5.41) is 3.20. The zero-order chi connectivity index (χ0) is 16.6. The zero-order valence-electron chi connectivity index (χ0n) is 12.9. The Bertz CT molecular complexity index is 713. The van der Waals surface area contributed by atoms with Gasteiger partial charge in [-0.05, 0) is 30.7 Å². The van der Waals surface area contributed by atoms with Gasteiger partial charge in [-0.15, -0.1) is 0 Å². The van der Waals surface area contributed by atoms with Crippen molar-refractivity contribution in [2.45, 2.75) is 12.3 Å². The smallest absolute Gasteiger partial charge is 0.228 e. The molecule has 4 nitrogen and oxygen atoms in total. The van der Waals surface area contributed by atoms with E-state index in [1.54, 1.807) is 24.4 Å². The molecule has 1 heterocycles. The topological polar surface area (TPSA) is 45.2 Å². The van der Waals surface area contributed by atoms with Gasteiger partial charge in [-0.1, -0.05) is 17.7 Å². The van der Waals surface area contributed by atoms with Crippen LogP contribution in [0.1, 0.15) is 17.9 Å². The van der Waals surface area contributed by atoms with Crippen LogP contribution in [-0.4, -0.2) is 25.0 Å². The van der Waals surface area contributed by atoms with E-state index in [1.807, 2.05) is 25.1 Å². The van der Waals surface area contributed by atoms with Crippen LogP contribution >= 0.6 is 11.6 Å². The monoisotopic (exact) mass is 333 g/mol. The van der Waals surface area contributed by atoms with Crippen LogP contribution in [0.25, 0.3) is 0 Å². The molecule has 1 aromatic carbocycles. The Morgan fingerprint density at radius 1 is 1.35 bits per heavy atom. The van der Waals surface area contributed by atoms with Gasteiger partial charge in [0.2, 0.25) is 5.91 Å². The molecule has 3 rings (SSSR count). The SMILES string of the molecule is CN(C)c1ccc(NC(=O)[C@H]2C[C@@H]2c2c(F)cccc2Cl)cn1. The summed E-state index contributed by atoms with van der Waals surface area (Å²) in [5.41, 5.74) is 1.07. The van der Waals surface area contributed by atoms with Gasteiger partial charge in [0.25, 0.3) is 0 Å². The van der Waals surface area contributed by atoms with Crippen LogP contribution in [-0.2, 0) is 4.79 Å². The van der Waals surface area contributed by atoms with Crippen LogP contribution < -0.4 is 10.2 Å². The van der Waals surface area contributed by atoms with E-state index in [4.69, 9.17) is 11.6 Å². The van der Waals surface area contributed by atoms with Gasteiger partial charge < -0.3 is 10.2 Å². The predicted molar refractivity (Wildman–Crippen MR) is 89.5 cm³/mol. The van der Waals surface area contributed by atoms with Crippen LogP contribution in [0.5, 0.6) is 0 Å². The van der Waals surface area contributed by atoms with Crippen molar-refractivity contribution in [3.63, 3.8) is 0 Å². The molecule has 1 aliphatic carbocycles. The van der Waals surface area contributed by atoms with Crippen molar-refractivity contribution < 1.29 is 9.18 Å². The Hall–Kier alpha value is -2.14. The van der Waals surface area contributed by atoms with Crippen molar-refractivity contribution >= 4 is 29.0 Å². The number of amides is 1. The van der Waals surface area contributed by atoms with Gasteiger partial charge in [-0.25, -0.2) is 9.37 Å². The number of nitrogens with one attached hydrogen (secondary N) is 1. The lowest BCUT2D eigenvalue weighted by molar-refractivity contribution is -0.117. The molecule has 0 spiro atoms. The van der Waals surface area contributed by atoms with Gasteiger partial charge in [0.15, 0.2) is 0 Å². The van der Waals surface area contributed by atoms with Crippen molar-refractivity contribution in [2.75, 3.05) is 24.3 Å². The average molecular weight is 334 g/mol. The molecule has 0 unspecified atom stereocenters. The average Bonchev–Trinajstić information content (AvgIpc) is 3.28. The minimum atomic E-state index is -0.352. The molecule has 1 N–H and O–H groups in total. The molecular formula is C17H17ClFN3O. The number of carbonyl (C=O) groups is 1. The lowest BCUT2D eigenvalue weighted by atomic mass is 10.1. The molecule has 1 aromatic heterocycles. The van der Waals surface area contributed by atoms with Crippen LogP contribution in [0.3, 0.4) is 0 Å². The van der Waals surface area contributed by atoms with E-state index in [1.165, 1.54) is 6.07 Å². The fraction of sp³-hybridized carbons (Fsp3) is 0.294. The van der Waals surface area contributed by atoms with Gasteiger partial charge in [0.1, 0.15) is 11.6 Å². The molecule has 1 aliphatic rings. The van der Waals surface area contributed by atoms with Crippen LogP contribution in [0.15, 0.2) is 36.5 Å². The highest BCUT2D eigenvalue weighted by molar-refractivity contribution is 6.31. The molecule has 0 aliphatic heterocycles. The first-order valence-corrected chi connectivity index (χ1v) is 7.73. The second kappa shape index (κ2) is 6.16. The fourth-order valence-corrected chi connectivity index (χ4v) is 2.93. The van der Waals surface area contributed by atoms with Crippen LogP contribution in [0.2, 0.25) is 5.02 Å². The third-order valence-electron chi connectivity index (χ3n) is 3.97. The van der Waals surface area contributed by atoms with Gasteiger partial charge in [0.05, 0.1) is 11.9 Å². The van der Waals surface area contributed by atoms with Crippen molar-refractivity contribution in [3.05, 3.63) is 52.9 Å². The minimum absolute atomic E-state index is 0.131. The third-order valence-corrected chi connectivity index (χ3v) is 4.30. The van der Waals surface area contributed by atoms with Crippen molar-refractivity contribution in [2.24, 2.45) is 5.92 Å². The Labute approximate surface area is 139 Å². The summed E-state index contributed by atoms with van der Waals surface area (Å²) in [7, 11) is 3.79. The number of rotatable bonds is 4. The van der Waals surface area contributed by atoms with Gasteiger partial charge in [-0.2, -0.15) is 0 Å². The highest BCUT2D eigenvalue weighted by atomic mass is 35.5. The number of benzene rings is 1. The standard InChI is InChI=1S/C17H17ClFN3O/c1-22(2)15-7-6-10(9-20-15)21-17(23)12-8-11(12)16-13(18)4-3-5-14(16)19/h3-7,9,11-12H,8H2,1-2H3,(H,21,23)/t11-,12-/m0/s1. The predicted octanol–water partition coefficient (Wildman–Crippen LogP) is 3.68. The molecule has 6 heteroatoms. The van der Waals surface area contributed by atoms with Gasteiger partial charge in [-0.3, -0.25) is 4.79 Å². The van der Waals surface area contributed by atoms with E-state index in [0.717, 1.165) is 5.82 Å². The van der Waals surface area contributed by atoms with E-state index in [-0.39, 0.29) is 23.6 Å². The van der Waals surface area contributed by atoms with Crippen LogP contribution in [0.4, 0.5) is 15.9 Å². The maximum atomic E-state index is 13.9. The van der Waals surface area contributed by atoms with Crippen molar-refractivity contribution in [1.82, 2.24) is 4.98 Å². The Kier molecular flexibility index (Phi) is 4.22. The number of hydrogen-bond acceptors (Lipinski definition) is 3. The molecule has 0 radical (unpaired) electrons. The Morgan fingerprint density at radius 2 is 2.13 bits per heavy atom. The van der Waals surface area contributed by atoms with E-state index < -0.39 is 0 Å². The number of aromatic nitrogens is 1. The summed E-state index contributed by atoms with van der Waals surface area (Å²) < 4.78 is 13.9. The van der Waals surface area contributed by atoms with E-state index in [9.17, 15) is 9.18 Å². The number of nitrogens with zero attached hydrogens (tertiary/aromatic N) is 2. The summed E-state index contributed by atoms with van der Waals surface area (Å²) in [6.45, 7) is 0. The molecule has 1 saturated carbocycles. The molecule has 2 aromatic rings. The minimum Gasteiger partial charge on any atom is -0.363 e. The summed E-state index contributed by atoms with van der Waals surface area (Å²) in [5.74, 6) is -0.0791. The van der Waals surface area contributed by atoms with Gasteiger partial charge >= 0.3 is 0 Å². The highest BCUT2D eigenvalue weighted by Crippen LogP contribution is 2.50. The Balaban J connectivity index is 1.67. The van der Waals surface area contributed by atoms with Crippen LogP contribution in [0, 0.1) is 11.7 Å². The number of carbonyl (C=O) groups excluding carboxylic acids is 1. The van der Waals surface area contributed by atoms with E-state index in [2.05, 4.69) is 10.3 Å². The summed E-state index contributed by atoms with van der Waals surface area (Å²) in [6, 6.07) is 8.22. The lowest BCUT2D eigenvalue weighted by Crippen LogP contribution is -2.15. The highest BCUT2D eigenvalue weighted by Gasteiger charge is 2.46. The maximum Gasteiger partial charge on any atom is 0.228 e. The molecular weight excluding hydrogens is 317 g/mol. The first-order valence-electron chi connectivity index (χ1n) is 7.35. The normalized spacial score (nSPS) is 19.3.